The van der Waals surface area contributed by atoms with Gasteiger partial charge in [-0.2, -0.15) is 5.10 Å². The molecule has 0 aliphatic heterocycles. The average molecular weight is 303 g/mol. The zero-order valence-electron chi connectivity index (χ0n) is 12.7. The first-order chi connectivity index (χ1) is 9.93. The van der Waals surface area contributed by atoms with Crippen LogP contribution in [0.5, 0.6) is 0 Å². The molecule has 3 rings (SSSR count). The zero-order valence-corrected chi connectivity index (χ0v) is 13.5. The highest BCUT2D eigenvalue weighted by atomic mass is 32.1. The van der Waals surface area contributed by atoms with Crippen LogP contribution < -0.4 is 5.32 Å². The van der Waals surface area contributed by atoms with E-state index in [-0.39, 0.29) is 5.91 Å². The monoisotopic (exact) mass is 303 g/mol. The second kappa shape index (κ2) is 5.30. The van der Waals surface area contributed by atoms with Gasteiger partial charge in [-0.3, -0.25) is 9.89 Å². The van der Waals surface area contributed by atoms with Crippen LogP contribution in [0.3, 0.4) is 0 Å². The molecule has 21 heavy (non-hydrogen) atoms. The highest BCUT2D eigenvalue weighted by Crippen LogP contribution is 2.40. The first-order valence-electron chi connectivity index (χ1n) is 7.36. The summed E-state index contributed by atoms with van der Waals surface area (Å²) in [6.45, 7) is 6.92. The van der Waals surface area contributed by atoms with Gasteiger partial charge in [0.1, 0.15) is 5.82 Å². The van der Waals surface area contributed by atoms with E-state index in [0.29, 0.717) is 17.2 Å². The number of amides is 1. The summed E-state index contributed by atoms with van der Waals surface area (Å²) in [5, 5.41) is 9.43. The fraction of sp³-hybridized carbons (Fsp3) is 0.500. The number of aromatic nitrogens is 2. The highest BCUT2D eigenvalue weighted by molar-refractivity contribution is 7.14. The number of nitrogens with zero attached hydrogens (tertiary/aromatic N) is 1. The Morgan fingerprint density at radius 3 is 2.95 bits per heavy atom. The first kappa shape index (κ1) is 14.3. The van der Waals surface area contributed by atoms with Crippen LogP contribution in [0.1, 0.15) is 47.3 Å². The summed E-state index contributed by atoms with van der Waals surface area (Å²) in [6, 6.07) is 3.82. The van der Waals surface area contributed by atoms with E-state index in [1.807, 2.05) is 0 Å². The van der Waals surface area contributed by atoms with Gasteiger partial charge in [-0.1, -0.05) is 20.8 Å². The molecule has 1 amide bonds. The summed E-state index contributed by atoms with van der Waals surface area (Å²) >= 11 is 1.63. The highest BCUT2D eigenvalue weighted by Gasteiger charge is 2.30. The molecule has 1 atom stereocenters. The second-order valence-electron chi connectivity index (χ2n) is 6.79. The summed E-state index contributed by atoms with van der Waals surface area (Å²) in [4.78, 5) is 14.4. The Balaban J connectivity index is 1.76. The van der Waals surface area contributed by atoms with Crippen molar-refractivity contribution in [1.29, 1.82) is 0 Å². The molecular formula is C16H21N3OS. The molecule has 0 aromatic carbocycles. The first-order valence-corrected chi connectivity index (χ1v) is 8.17. The van der Waals surface area contributed by atoms with Gasteiger partial charge in [-0.05, 0) is 42.2 Å². The number of carbonyl (C=O) groups is 1. The van der Waals surface area contributed by atoms with Gasteiger partial charge >= 0.3 is 0 Å². The number of anilines is 1. The Morgan fingerprint density at radius 1 is 1.48 bits per heavy atom. The molecule has 2 heterocycles. The number of carbonyl (C=O) groups excluding carboxylic acids is 1. The third-order valence-electron chi connectivity index (χ3n) is 4.28. The Morgan fingerprint density at radius 2 is 2.29 bits per heavy atom. The minimum Gasteiger partial charge on any atom is -0.306 e. The normalized spacial score (nSPS) is 18.3. The van der Waals surface area contributed by atoms with Gasteiger partial charge in [0.15, 0.2) is 0 Å². The van der Waals surface area contributed by atoms with Crippen molar-refractivity contribution in [3.63, 3.8) is 0 Å². The van der Waals surface area contributed by atoms with Crippen LogP contribution in [0.25, 0.3) is 0 Å². The lowest BCUT2D eigenvalue weighted by Crippen LogP contribution is -2.26. The van der Waals surface area contributed by atoms with Gasteiger partial charge < -0.3 is 5.32 Å². The van der Waals surface area contributed by atoms with Crippen molar-refractivity contribution in [1.82, 2.24) is 10.2 Å². The van der Waals surface area contributed by atoms with Crippen LogP contribution in [0.4, 0.5) is 5.82 Å². The quantitative estimate of drug-likeness (QED) is 0.884. The van der Waals surface area contributed by atoms with E-state index in [1.165, 1.54) is 16.9 Å². The molecular weight excluding hydrogens is 282 g/mol. The van der Waals surface area contributed by atoms with Gasteiger partial charge in [0.05, 0.1) is 11.1 Å². The molecule has 2 N–H and O–H groups in total. The molecule has 2 aromatic heterocycles. The van der Waals surface area contributed by atoms with Crippen LogP contribution in [0.2, 0.25) is 0 Å². The van der Waals surface area contributed by atoms with E-state index in [9.17, 15) is 4.79 Å². The van der Waals surface area contributed by atoms with E-state index in [2.05, 4.69) is 42.4 Å². The number of rotatable bonds is 2. The lowest BCUT2D eigenvalue weighted by atomic mass is 9.72. The Hall–Kier alpha value is -1.62. The van der Waals surface area contributed by atoms with E-state index in [4.69, 9.17) is 0 Å². The second-order valence-corrected chi connectivity index (χ2v) is 7.93. The van der Waals surface area contributed by atoms with Crippen LogP contribution in [0, 0.1) is 11.3 Å². The standard InChI is InChI=1S/C16H21N3OS/c1-16(2,3)11-4-5-12-10(8-11)9-13(21-12)15(20)18-14-6-7-17-19-14/h6-7,9,11H,4-5,8H2,1-3H3,(H2,17,18,19,20). The number of thiophene rings is 1. The summed E-state index contributed by atoms with van der Waals surface area (Å²) in [7, 11) is 0. The maximum atomic E-state index is 12.3. The molecule has 1 aliphatic rings. The maximum absolute atomic E-state index is 12.3. The molecule has 0 saturated heterocycles. The average Bonchev–Trinajstić information content (AvgIpc) is 3.04. The number of H-pyrrole nitrogens is 1. The smallest absolute Gasteiger partial charge is 0.266 e. The van der Waals surface area contributed by atoms with Crippen LogP contribution in [0.15, 0.2) is 18.3 Å². The van der Waals surface area contributed by atoms with Gasteiger partial charge in [-0.25, -0.2) is 0 Å². The summed E-state index contributed by atoms with van der Waals surface area (Å²) in [6.07, 6.45) is 5.04. The Bertz CT molecular complexity index is 637. The molecule has 1 unspecified atom stereocenters. The zero-order chi connectivity index (χ0) is 15.0. The van der Waals surface area contributed by atoms with Crippen LogP contribution >= 0.6 is 11.3 Å². The number of aryl methyl sites for hydroxylation is 1. The summed E-state index contributed by atoms with van der Waals surface area (Å²) < 4.78 is 0. The van der Waals surface area contributed by atoms with Crippen LogP contribution in [-0.2, 0) is 12.8 Å². The molecule has 0 spiro atoms. The van der Waals surface area contributed by atoms with Crippen molar-refractivity contribution >= 4 is 23.1 Å². The molecule has 0 radical (unpaired) electrons. The lowest BCUT2D eigenvalue weighted by molar-refractivity contribution is 0.103. The molecule has 0 fully saturated rings. The summed E-state index contributed by atoms with van der Waals surface area (Å²) in [5.41, 5.74) is 1.69. The van der Waals surface area contributed by atoms with Gasteiger partial charge in [0.25, 0.3) is 5.91 Å². The van der Waals surface area contributed by atoms with E-state index in [0.717, 1.165) is 17.7 Å². The molecule has 1 aliphatic carbocycles. The van der Waals surface area contributed by atoms with Gasteiger partial charge in [0.2, 0.25) is 0 Å². The van der Waals surface area contributed by atoms with Gasteiger partial charge in [-0.15, -0.1) is 11.3 Å². The molecule has 2 aromatic rings. The number of fused-ring (bicyclic) bond motifs is 1. The van der Waals surface area contributed by atoms with Crippen molar-refractivity contribution in [3.8, 4) is 0 Å². The fourth-order valence-corrected chi connectivity index (χ4v) is 3.99. The number of aromatic amines is 1. The van der Waals surface area contributed by atoms with Crippen molar-refractivity contribution in [2.24, 2.45) is 11.3 Å². The molecule has 0 saturated carbocycles. The van der Waals surface area contributed by atoms with Crippen LogP contribution in [-0.4, -0.2) is 16.1 Å². The lowest BCUT2D eigenvalue weighted by Gasteiger charge is -2.33. The minimum atomic E-state index is -0.0500. The van der Waals surface area contributed by atoms with Crippen molar-refractivity contribution in [3.05, 3.63) is 33.6 Å². The summed E-state index contributed by atoms with van der Waals surface area (Å²) in [5.74, 6) is 1.29. The molecule has 112 valence electrons. The third kappa shape index (κ3) is 3.02. The van der Waals surface area contributed by atoms with Crippen molar-refractivity contribution in [2.75, 3.05) is 5.32 Å². The predicted molar refractivity (Wildman–Crippen MR) is 85.8 cm³/mol. The van der Waals surface area contributed by atoms with E-state index >= 15 is 0 Å². The van der Waals surface area contributed by atoms with Gasteiger partial charge in [0, 0.05) is 10.9 Å². The molecule has 5 heteroatoms. The largest absolute Gasteiger partial charge is 0.306 e. The van der Waals surface area contributed by atoms with Crippen molar-refractivity contribution in [2.45, 2.75) is 40.0 Å². The predicted octanol–water partition coefficient (Wildman–Crippen LogP) is 3.87. The number of hydrogen-bond donors (Lipinski definition) is 2. The molecule has 0 bridgehead atoms. The minimum absolute atomic E-state index is 0.0500. The Kier molecular flexibility index (Phi) is 3.61. The van der Waals surface area contributed by atoms with Crippen molar-refractivity contribution < 1.29 is 4.79 Å². The topological polar surface area (TPSA) is 57.8 Å². The maximum Gasteiger partial charge on any atom is 0.266 e. The van der Waals surface area contributed by atoms with E-state index < -0.39 is 0 Å². The number of hydrogen-bond acceptors (Lipinski definition) is 3. The molecule has 4 nitrogen and oxygen atoms in total. The fourth-order valence-electron chi connectivity index (χ4n) is 2.88. The number of nitrogens with one attached hydrogen (secondary N) is 2. The third-order valence-corrected chi connectivity index (χ3v) is 5.52. The Labute approximate surface area is 129 Å². The SMILES string of the molecule is CC(C)(C)C1CCc2sc(C(=O)Nc3ccn[nH]3)cc2C1. The van der Waals surface area contributed by atoms with E-state index in [1.54, 1.807) is 23.6 Å².